The first-order valence-corrected chi connectivity index (χ1v) is 8.03. The smallest absolute Gasteiger partial charge is 0.206 e. The Labute approximate surface area is 116 Å². The Bertz CT molecular complexity index is 489. The van der Waals surface area contributed by atoms with Gasteiger partial charge in [0.15, 0.2) is 9.84 Å². The number of nitrogen functional groups attached to an aromatic ring is 1. The average molecular weight is 420 g/mol. The summed E-state index contributed by atoms with van der Waals surface area (Å²) in [6.45, 7) is 0. The second kappa shape index (κ2) is 4.79. The molecule has 0 unspecified atom stereocenters. The molecule has 0 aromatic heterocycles. The van der Waals surface area contributed by atoms with Crippen molar-refractivity contribution in [1.82, 2.24) is 0 Å². The maximum Gasteiger partial charge on any atom is 0.206 e. The summed E-state index contributed by atoms with van der Waals surface area (Å²) in [7, 11) is -3.45. The highest BCUT2D eigenvalue weighted by Gasteiger charge is 2.43. The van der Waals surface area contributed by atoms with Crippen LogP contribution < -0.4 is 5.73 Å². The third-order valence-corrected chi connectivity index (χ3v) is 8.44. The Kier molecular flexibility index (Phi) is 4.25. The van der Waals surface area contributed by atoms with Crippen LogP contribution in [0.1, 0.15) is 11.7 Å². The average Bonchev–Trinajstić information content (AvgIpc) is 2.14. The van der Waals surface area contributed by atoms with Gasteiger partial charge in [0.1, 0.15) is 6.10 Å². The van der Waals surface area contributed by atoms with E-state index in [0.29, 0.717) is 11.3 Å². The fourth-order valence-electron chi connectivity index (χ4n) is 1.13. The molecule has 90 valence electrons. The third-order valence-electron chi connectivity index (χ3n) is 2.04. The van der Waals surface area contributed by atoms with Gasteiger partial charge in [0.2, 0.25) is 1.66 Å². The number of anilines is 1. The van der Waals surface area contributed by atoms with Gasteiger partial charge in [0, 0.05) is 11.9 Å². The summed E-state index contributed by atoms with van der Waals surface area (Å²) in [5.41, 5.74) is 6.50. The van der Waals surface area contributed by atoms with Crippen LogP contribution in [-0.4, -0.2) is 21.4 Å². The summed E-state index contributed by atoms with van der Waals surface area (Å²) in [4.78, 5) is 0. The molecule has 4 nitrogen and oxygen atoms in total. The minimum atomic E-state index is -3.45. The molecule has 3 N–H and O–H groups in total. The van der Waals surface area contributed by atoms with Crippen molar-refractivity contribution in [2.24, 2.45) is 0 Å². The van der Waals surface area contributed by atoms with Crippen LogP contribution in [0, 0.1) is 0 Å². The first-order valence-electron chi connectivity index (χ1n) is 4.27. The molecule has 2 atom stereocenters. The van der Waals surface area contributed by atoms with Crippen molar-refractivity contribution in [1.29, 1.82) is 0 Å². The molecule has 0 bridgehead atoms. The summed E-state index contributed by atoms with van der Waals surface area (Å²) >= 11 is 4.70. The van der Waals surface area contributed by atoms with Gasteiger partial charge in [-0.1, -0.05) is 28.1 Å². The lowest BCUT2D eigenvalue weighted by atomic mass is 10.1. The summed E-state index contributed by atoms with van der Waals surface area (Å²) in [5, 5.41) is 10.0. The highest BCUT2D eigenvalue weighted by molar-refractivity contribution is 14.1. The van der Waals surface area contributed by atoms with E-state index in [1.54, 1.807) is 46.9 Å². The van der Waals surface area contributed by atoms with Crippen LogP contribution in [0.3, 0.4) is 0 Å². The Hall–Kier alpha value is 0.140. The van der Waals surface area contributed by atoms with Crippen molar-refractivity contribution in [2.75, 3.05) is 12.0 Å². The number of benzene rings is 1. The van der Waals surface area contributed by atoms with Gasteiger partial charge in [-0.3, -0.25) is 0 Å². The molecule has 0 amide bonds. The highest BCUT2D eigenvalue weighted by atomic mass is 127. The first-order chi connectivity index (χ1) is 7.16. The van der Waals surface area contributed by atoms with Crippen LogP contribution in [0.2, 0.25) is 0 Å². The third kappa shape index (κ3) is 2.88. The van der Waals surface area contributed by atoms with Crippen molar-refractivity contribution < 1.29 is 13.5 Å². The van der Waals surface area contributed by atoms with Crippen LogP contribution >= 0.6 is 38.5 Å². The van der Waals surface area contributed by atoms with E-state index in [0.717, 1.165) is 6.26 Å². The summed E-state index contributed by atoms with van der Waals surface area (Å²) in [6, 6.07) is 6.50. The number of alkyl halides is 2. The topological polar surface area (TPSA) is 80.4 Å². The van der Waals surface area contributed by atoms with E-state index in [4.69, 9.17) is 5.73 Å². The molecular formula is C9H11BrINO3S. The van der Waals surface area contributed by atoms with Crippen molar-refractivity contribution >= 4 is 54.0 Å². The maximum atomic E-state index is 11.5. The zero-order valence-corrected chi connectivity index (χ0v) is 13.0. The number of aliphatic hydroxyl groups is 1. The quantitative estimate of drug-likeness (QED) is 0.445. The molecule has 0 spiro atoms. The van der Waals surface area contributed by atoms with Gasteiger partial charge in [-0.05, 0) is 40.3 Å². The standard InChI is InChI=1S/C9H11BrINO3S/c1-16(14,15)9(10,11)8(13)6-3-2-4-7(12)5-6/h2-5,8,13H,12H2,1H3/t8-,9+/m1/s1. The number of hydrogen-bond acceptors (Lipinski definition) is 4. The number of sulfone groups is 1. The lowest BCUT2D eigenvalue weighted by Crippen LogP contribution is -2.31. The molecule has 0 saturated heterocycles. The van der Waals surface area contributed by atoms with E-state index in [1.165, 1.54) is 0 Å². The van der Waals surface area contributed by atoms with Gasteiger partial charge >= 0.3 is 0 Å². The predicted octanol–water partition coefficient (Wildman–Crippen LogP) is 1.83. The van der Waals surface area contributed by atoms with E-state index in [9.17, 15) is 13.5 Å². The molecule has 7 heteroatoms. The second-order valence-electron chi connectivity index (χ2n) is 3.41. The Morgan fingerprint density at radius 2 is 2.12 bits per heavy atom. The normalized spacial score (nSPS) is 17.8. The summed E-state index contributed by atoms with van der Waals surface area (Å²) < 4.78 is 21.6. The van der Waals surface area contributed by atoms with E-state index >= 15 is 0 Å². The number of nitrogens with two attached hydrogens (primary N) is 1. The van der Waals surface area contributed by atoms with Crippen molar-refractivity contribution in [3.8, 4) is 0 Å². The van der Waals surface area contributed by atoms with E-state index in [-0.39, 0.29) is 0 Å². The number of hydrogen-bond donors (Lipinski definition) is 2. The van der Waals surface area contributed by atoms with Crippen molar-refractivity contribution in [2.45, 2.75) is 7.77 Å². The maximum absolute atomic E-state index is 11.5. The zero-order chi connectivity index (χ0) is 12.6. The van der Waals surface area contributed by atoms with Crippen molar-refractivity contribution in [3.63, 3.8) is 0 Å². The fourth-order valence-corrected chi connectivity index (χ4v) is 2.29. The Morgan fingerprint density at radius 3 is 2.56 bits per heavy atom. The molecule has 1 rings (SSSR count). The number of rotatable bonds is 3. The predicted molar refractivity (Wildman–Crippen MR) is 76.3 cm³/mol. The number of halogens is 2. The largest absolute Gasteiger partial charge is 0.399 e. The van der Waals surface area contributed by atoms with Gasteiger partial charge in [0.25, 0.3) is 0 Å². The Morgan fingerprint density at radius 1 is 1.56 bits per heavy atom. The molecule has 0 aliphatic carbocycles. The SMILES string of the molecule is CS(=O)(=O)[C@@](Br)(I)[C@H](O)c1cccc(N)c1. The van der Waals surface area contributed by atoms with E-state index in [2.05, 4.69) is 15.9 Å². The van der Waals surface area contributed by atoms with Gasteiger partial charge in [0.05, 0.1) is 0 Å². The molecule has 0 radical (unpaired) electrons. The lowest BCUT2D eigenvalue weighted by molar-refractivity contribution is 0.191. The van der Waals surface area contributed by atoms with Crippen LogP contribution in [0.5, 0.6) is 0 Å². The number of aliphatic hydroxyl groups excluding tert-OH is 1. The highest BCUT2D eigenvalue weighted by Crippen LogP contribution is 2.44. The first kappa shape index (κ1) is 14.2. The van der Waals surface area contributed by atoms with Crippen LogP contribution in [0.4, 0.5) is 5.69 Å². The van der Waals surface area contributed by atoms with Crippen LogP contribution in [0.25, 0.3) is 0 Å². The molecule has 0 heterocycles. The lowest BCUT2D eigenvalue weighted by Gasteiger charge is -2.25. The van der Waals surface area contributed by atoms with Crippen molar-refractivity contribution in [3.05, 3.63) is 29.8 Å². The summed E-state index contributed by atoms with van der Waals surface area (Å²) in [5.74, 6) is 0. The molecule has 0 saturated carbocycles. The van der Waals surface area contributed by atoms with E-state index < -0.39 is 17.6 Å². The molecule has 1 aromatic carbocycles. The molecule has 0 aliphatic heterocycles. The van der Waals surface area contributed by atoms with Gasteiger partial charge in [-0.25, -0.2) is 8.42 Å². The fraction of sp³-hybridized carbons (Fsp3) is 0.333. The molecule has 16 heavy (non-hydrogen) atoms. The monoisotopic (exact) mass is 419 g/mol. The van der Waals surface area contributed by atoms with Crippen LogP contribution in [-0.2, 0) is 9.84 Å². The Balaban J connectivity index is 3.17. The summed E-state index contributed by atoms with van der Waals surface area (Å²) in [6.07, 6.45) is -0.129. The molecular weight excluding hydrogens is 409 g/mol. The van der Waals surface area contributed by atoms with Gasteiger partial charge < -0.3 is 10.8 Å². The molecule has 0 aliphatic rings. The minimum absolute atomic E-state index is 0.455. The minimum Gasteiger partial charge on any atom is -0.399 e. The molecule has 0 fully saturated rings. The second-order valence-corrected chi connectivity index (χ2v) is 11.3. The van der Waals surface area contributed by atoms with Gasteiger partial charge in [-0.15, -0.1) is 0 Å². The molecule has 1 aromatic rings. The van der Waals surface area contributed by atoms with Gasteiger partial charge in [-0.2, -0.15) is 0 Å². The zero-order valence-electron chi connectivity index (χ0n) is 8.39. The van der Waals surface area contributed by atoms with E-state index in [1.807, 2.05) is 0 Å². The van der Waals surface area contributed by atoms with Crippen LogP contribution in [0.15, 0.2) is 24.3 Å².